The summed E-state index contributed by atoms with van der Waals surface area (Å²) in [5.74, 6) is 1.89. The van der Waals surface area contributed by atoms with Crippen LogP contribution in [-0.4, -0.2) is 28.0 Å². The molecule has 1 aromatic carbocycles. The monoisotopic (exact) mass is 248 g/mol. The van der Waals surface area contributed by atoms with Crippen LogP contribution in [-0.2, 0) is 0 Å². The van der Waals surface area contributed by atoms with Gasteiger partial charge < -0.3 is 11.1 Å². The van der Waals surface area contributed by atoms with Gasteiger partial charge in [-0.15, -0.1) is 0 Å². The number of hydrogen-bond donors (Lipinski definition) is 2. The van der Waals surface area contributed by atoms with Gasteiger partial charge in [-0.05, 0) is 31.4 Å². The Morgan fingerprint density at radius 1 is 1.41 bits per heavy atom. The molecule has 5 heteroatoms. The summed E-state index contributed by atoms with van der Waals surface area (Å²) in [5, 5.41) is 4.36. The van der Waals surface area contributed by atoms with Gasteiger partial charge >= 0.3 is 0 Å². The maximum absolute atomic E-state index is 5.79. The lowest BCUT2D eigenvalue weighted by Gasteiger charge is -2.14. The van der Waals surface area contributed by atoms with Gasteiger partial charge in [0.15, 0.2) is 0 Å². The molecule has 17 heavy (non-hydrogen) atoms. The number of hydrogen-bond acceptors (Lipinski definition) is 5. The molecule has 0 aliphatic carbocycles. The minimum absolute atomic E-state index is 0.365. The van der Waals surface area contributed by atoms with E-state index in [-0.39, 0.29) is 0 Å². The van der Waals surface area contributed by atoms with E-state index in [9.17, 15) is 0 Å². The predicted molar refractivity (Wildman–Crippen MR) is 75.4 cm³/mol. The highest BCUT2D eigenvalue weighted by Crippen LogP contribution is 2.22. The van der Waals surface area contributed by atoms with E-state index in [1.54, 1.807) is 18.1 Å². The van der Waals surface area contributed by atoms with Crippen LogP contribution in [0.3, 0.4) is 0 Å². The molecule has 0 saturated carbocycles. The van der Waals surface area contributed by atoms with Crippen LogP contribution in [0.15, 0.2) is 24.5 Å². The van der Waals surface area contributed by atoms with Crippen molar-refractivity contribution in [2.24, 2.45) is 0 Å². The maximum Gasteiger partial charge on any atom is 0.137 e. The number of nitrogens with zero attached hydrogens (tertiary/aromatic N) is 2. The third kappa shape index (κ3) is 2.79. The highest BCUT2D eigenvalue weighted by molar-refractivity contribution is 7.98. The van der Waals surface area contributed by atoms with Gasteiger partial charge in [-0.1, -0.05) is 0 Å². The number of rotatable bonds is 4. The molecule has 0 spiro atoms. The molecule has 1 unspecified atom stereocenters. The van der Waals surface area contributed by atoms with Crippen LogP contribution in [0.5, 0.6) is 0 Å². The molecule has 0 radical (unpaired) electrons. The van der Waals surface area contributed by atoms with Gasteiger partial charge in [0.05, 0.1) is 5.52 Å². The number of fused-ring (bicyclic) bond motifs is 1. The minimum Gasteiger partial charge on any atom is -0.399 e. The molecule has 1 heterocycles. The van der Waals surface area contributed by atoms with Crippen molar-refractivity contribution in [1.29, 1.82) is 0 Å². The molecule has 0 saturated heterocycles. The molecule has 0 bridgehead atoms. The summed E-state index contributed by atoms with van der Waals surface area (Å²) >= 11 is 1.81. The Labute approximate surface area is 105 Å². The largest absolute Gasteiger partial charge is 0.399 e. The summed E-state index contributed by atoms with van der Waals surface area (Å²) in [4.78, 5) is 8.51. The van der Waals surface area contributed by atoms with E-state index >= 15 is 0 Å². The molecular weight excluding hydrogens is 232 g/mol. The fourth-order valence-corrected chi connectivity index (χ4v) is 2.30. The Balaban J connectivity index is 2.36. The van der Waals surface area contributed by atoms with Gasteiger partial charge in [0.1, 0.15) is 12.1 Å². The molecule has 90 valence electrons. The van der Waals surface area contributed by atoms with Gasteiger partial charge in [-0.2, -0.15) is 11.8 Å². The Morgan fingerprint density at radius 2 is 2.24 bits per heavy atom. The Morgan fingerprint density at radius 3 is 3.00 bits per heavy atom. The zero-order valence-corrected chi connectivity index (χ0v) is 10.8. The van der Waals surface area contributed by atoms with E-state index in [0.717, 1.165) is 28.2 Å². The van der Waals surface area contributed by atoms with Crippen LogP contribution in [0.4, 0.5) is 11.5 Å². The summed E-state index contributed by atoms with van der Waals surface area (Å²) in [6, 6.07) is 6.04. The number of thioether (sulfide) groups is 1. The van der Waals surface area contributed by atoms with Crippen LogP contribution in [0.25, 0.3) is 10.9 Å². The average Bonchev–Trinajstić information content (AvgIpc) is 2.30. The number of nitrogens with two attached hydrogens (primary N) is 1. The second-order valence-corrected chi connectivity index (χ2v) is 4.91. The third-order valence-corrected chi connectivity index (χ3v) is 3.29. The normalized spacial score (nSPS) is 12.6. The summed E-state index contributed by atoms with van der Waals surface area (Å²) in [6.45, 7) is 2.14. The smallest absolute Gasteiger partial charge is 0.137 e. The first-order valence-corrected chi connectivity index (χ1v) is 6.86. The molecule has 0 aliphatic heterocycles. The first-order chi connectivity index (χ1) is 8.20. The van der Waals surface area contributed by atoms with Crippen LogP contribution in [0, 0.1) is 0 Å². The van der Waals surface area contributed by atoms with Crippen LogP contribution < -0.4 is 11.1 Å². The molecule has 4 nitrogen and oxygen atoms in total. The molecule has 1 atom stereocenters. The van der Waals surface area contributed by atoms with Crippen molar-refractivity contribution >= 4 is 34.2 Å². The standard InChI is InChI=1S/C12H16N4S/c1-8(6-17-2)16-12-10-5-9(13)3-4-11(10)14-7-15-12/h3-5,7-8H,6,13H2,1-2H3,(H,14,15,16). The number of benzene rings is 1. The highest BCUT2D eigenvalue weighted by Gasteiger charge is 2.07. The van der Waals surface area contributed by atoms with Gasteiger partial charge in [0.2, 0.25) is 0 Å². The van der Waals surface area contributed by atoms with Crippen molar-refractivity contribution in [3.05, 3.63) is 24.5 Å². The van der Waals surface area contributed by atoms with Gasteiger partial charge in [-0.25, -0.2) is 9.97 Å². The van der Waals surface area contributed by atoms with E-state index < -0.39 is 0 Å². The first-order valence-electron chi connectivity index (χ1n) is 5.46. The zero-order valence-electron chi connectivity index (χ0n) is 9.97. The Bertz CT molecular complexity index is 515. The van der Waals surface area contributed by atoms with Gasteiger partial charge in [0, 0.05) is 22.9 Å². The lowest BCUT2D eigenvalue weighted by molar-refractivity contribution is 0.904. The van der Waals surface area contributed by atoms with E-state index in [1.807, 2.05) is 18.2 Å². The molecule has 2 rings (SSSR count). The molecular formula is C12H16N4S. The Kier molecular flexibility index (Phi) is 3.68. The minimum atomic E-state index is 0.365. The van der Waals surface area contributed by atoms with Crippen molar-refractivity contribution in [3.8, 4) is 0 Å². The van der Waals surface area contributed by atoms with Crippen LogP contribution >= 0.6 is 11.8 Å². The molecule has 0 fully saturated rings. The molecule has 0 amide bonds. The molecule has 2 aromatic rings. The van der Waals surface area contributed by atoms with E-state index in [2.05, 4.69) is 28.5 Å². The lowest BCUT2D eigenvalue weighted by atomic mass is 10.2. The van der Waals surface area contributed by atoms with Crippen molar-refractivity contribution in [1.82, 2.24) is 9.97 Å². The third-order valence-electron chi connectivity index (χ3n) is 2.46. The van der Waals surface area contributed by atoms with Crippen molar-refractivity contribution in [3.63, 3.8) is 0 Å². The maximum atomic E-state index is 5.79. The summed E-state index contributed by atoms with van der Waals surface area (Å²) in [5.41, 5.74) is 7.43. The molecule has 3 N–H and O–H groups in total. The lowest BCUT2D eigenvalue weighted by Crippen LogP contribution is -2.18. The van der Waals surface area contributed by atoms with E-state index in [1.165, 1.54) is 0 Å². The highest BCUT2D eigenvalue weighted by atomic mass is 32.2. The van der Waals surface area contributed by atoms with E-state index in [4.69, 9.17) is 5.73 Å². The second-order valence-electron chi connectivity index (χ2n) is 4.00. The second kappa shape index (κ2) is 5.23. The molecule has 1 aromatic heterocycles. The fraction of sp³-hybridized carbons (Fsp3) is 0.333. The predicted octanol–water partition coefficient (Wildman–Crippen LogP) is 2.38. The number of aromatic nitrogens is 2. The number of nitrogens with one attached hydrogen (secondary N) is 1. The fourth-order valence-electron chi connectivity index (χ4n) is 1.71. The SMILES string of the molecule is CSCC(C)Nc1ncnc2ccc(N)cc12. The van der Waals surface area contributed by atoms with E-state index in [0.29, 0.717) is 6.04 Å². The number of anilines is 2. The summed E-state index contributed by atoms with van der Waals surface area (Å²) in [7, 11) is 0. The van der Waals surface area contributed by atoms with Crippen molar-refractivity contribution in [2.75, 3.05) is 23.1 Å². The zero-order chi connectivity index (χ0) is 12.3. The van der Waals surface area contributed by atoms with Crippen LogP contribution in [0.1, 0.15) is 6.92 Å². The van der Waals surface area contributed by atoms with Crippen molar-refractivity contribution in [2.45, 2.75) is 13.0 Å². The van der Waals surface area contributed by atoms with Gasteiger partial charge in [-0.3, -0.25) is 0 Å². The summed E-state index contributed by atoms with van der Waals surface area (Å²) in [6.07, 6.45) is 3.67. The van der Waals surface area contributed by atoms with Gasteiger partial charge in [0.25, 0.3) is 0 Å². The molecule has 0 aliphatic rings. The number of nitrogen functional groups attached to an aromatic ring is 1. The first kappa shape index (κ1) is 12.0. The quantitative estimate of drug-likeness (QED) is 0.813. The Hall–Kier alpha value is -1.49. The van der Waals surface area contributed by atoms with Crippen LogP contribution in [0.2, 0.25) is 0 Å². The average molecular weight is 248 g/mol. The topological polar surface area (TPSA) is 63.8 Å². The summed E-state index contributed by atoms with van der Waals surface area (Å²) < 4.78 is 0. The van der Waals surface area contributed by atoms with Crippen molar-refractivity contribution < 1.29 is 0 Å².